The number of hydrogen-bond donors (Lipinski definition) is 0. The first-order valence-electron chi connectivity index (χ1n) is 9.35. The molecule has 3 rings (SSSR count). The van der Waals surface area contributed by atoms with Gasteiger partial charge in [-0.05, 0) is 58.4 Å². The highest BCUT2D eigenvalue weighted by Crippen LogP contribution is 2.48. The molecule has 0 spiro atoms. The minimum Gasteiger partial charge on any atom is -0.340 e. The van der Waals surface area contributed by atoms with Gasteiger partial charge in [0.25, 0.3) is 0 Å². The average Bonchev–Trinajstić information content (AvgIpc) is 2.88. The second-order valence-corrected chi connectivity index (χ2v) is 8.90. The molecule has 4 nitrogen and oxygen atoms in total. The number of fused-ring (bicyclic) bond motifs is 3. The Kier molecular flexibility index (Phi) is 5.86. The summed E-state index contributed by atoms with van der Waals surface area (Å²) in [6.45, 7) is 9.55. The summed E-state index contributed by atoms with van der Waals surface area (Å²) >= 11 is 0. The largest absolute Gasteiger partial charge is 0.340 e. The first-order valence-corrected chi connectivity index (χ1v) is 11.1. The van der Waals surface area contributed by atoms with Crippen LogP contribution in [0.15, 0.2) is 36.4 Å². The van der Waals surface area contributed by atoms with Gasteiger partial charge >= 0.3 is 7.60 Å². The minimum absolute atomic E-state index is 0.408. The highest BCUT2D eigenvalue weighted by Gasteiger charge is 2.23. The SMILES string of the molecule is CCOP(=O)(CCCn1c2ccc(C)cc2c2cc(C)ccc21)OCC. The third-order valence-corrected chi connectivity index (χ3v) is 6.81. The van der Waals surface area contributed by atoms with Gasteiger partial charge in [-0.1, -0.05) is 23.3 Å². The Morgan fingerprint density at radius 2 is 1.38 bits per heavy atom. The maximum Gasteiger partial charge on any atom is 0.330 e. The molecular weight excluding hydrogens is 345 g/mol. The lowest BCUT2D eigenvalue weighted by molar-refractivity contribution is 0.219. The first kappa shape index (κ1) is 19.2. The monoisotopic (exact) mass is 373 g/mol. The van der Waals surface area contributed by atoms with Gasteiger partial charge in [-0.15, -0.1) is 0 Å². The maximum atomic E-state index is 12.7. The smallest absolute Gasteiger partial charge is 0.330 e. The number of aryl methyl sites for hydroxylation is 3. The van der Waals surface area contributed by atoms with E-state index in [4.69, 9.17) is 9.05 Å². The summed E-state index contributed by atoms with van der Waals surface area (Å²) in [5.74, 6) is 0. The van der Waals surface area contributed by atoms with Crippen molar-refractivity contribution in [1.29, 1.82) is 0 Å². The van der Waals surface area contributed by atoms with Crippen molar-refractivity contribution in [2.45, 2.75) is 40.7 Å². The molecule has 1 heterocycles. The van der Waals surface area contributed by atoms with E-state index in [0.29, 0.717) is 19.4 Å². The molecule has 0 aliphatic carbocycles. The third-order valence-electron chi connectivity index (χ3n) is 4.64. The number of nitrogens with zero attached hydrogens (tertiary/aromatic N) is 1. The van der Waals surface area contributed by atoms with Crippen LogP contribution in [0.25, 0.3) is 21.8 Å². The van der Waals surface area contributed by atoms with E-state index < -0.39 is 7.60 Å². The van der Waals surface area contributed by atoms with Crippen LogP contribution in [0.1, 0.15) is 31.4 Å². The number of benzene rings is 2. The van der Waals surface area contributed by atoms with Gasteiger partial charge in [0.15, 0.2) is 0 Å². The number of rotatable bonds is 8. The summed E-state index contributed by atoms with van der Waals surface area (Å²) in [4.78, 5) is 0. The Labute approximate surface area is 155 Å². The van der Waals surface area contributed by atoms with Crippen LogP contribution in [0, 0.1) is 13.8 Å². The first-order chi connectivity index (χ1) is 12.5. The molecule has 140 valence electrons. The molecule has 26 heavy (non-hydrogen) atoms. The lowest BCUT2D eigenvalue weighted by Crippen LogP contribution is -2.04. The van der Waals surface area contributed by atoms with Crippen molar-refractivity contribution < 1.29 is 13.6 Å². The molecule has 0 atom stereocenters. The van der Waals surface area contributed by atoms with Gasteiger partial charge in [0.05, 0.1) is 19.4 Å². The summed E-state index contributed by atoms with van der Waals surface area (Å²) in [6, 6.07) is 13.2. The summed E-state index contributed by atoms with van der Waals surface area (Å²) < 4.78 is 25.9. The molecule has 0 unspecified atom stereocenters. The normalized spacial score (nSPS) is 12.3. The van der Waals surface area contributed by atoms with Crippen LogP contribution in [0.2, 0.25) is 0 Å². The highest BCUT2D eigenvalue weighted by atomic mass is 31.2. The average molecular weight is 373 g/mol. The number of hydrogen-bond acceptors (Lipinski definition) is 3. The highest BCUT2D eigenvalue weighted by molar-refractivity contribution is 7.53. The fraction of sp³-hybridized carbons (Fsp3) is 0.429. The summed E-state index contributed by atoms with van der Waals surface area (Å²) in [7, 11) is -2.99. The molecule has 1 aromatic heterocycles. The fourth-order valence-corrected chi connectivity index (χ4v) is 5.20. The Morgan fingerprint density at radius 3 is 1.85 bits per heavy atom. The van der Waals surface area contributed by atoms with E-state index >= 15 is 0 Å². The van der Waals surface area contributed by atoms with Crippen molar-refractivity contribution in [1.82, 2.24) is 4.57 Å². The van der Waals surface area contributed by atoms with Gasteiger partial charge in [0, 0.05) is 28.4 Å². The Bertz CT molecular complexity index is 891. The molecule has 0 saturated heterocycles. The minimum atomic E-state index is -2.99. The molecule has 0 saturated carbocycles. The number of aromatic nitrogens is 1. The lowest BCUT2D eigenvalue weighted by atomic mass is 10.1. The van der Waals surface area contributed by atoms with Crippen molar-refractivity contribution in [3.8, 4) is 0 Å². The Morgan fingerprint density at radius 1 is 0.885 bits per heavy atom. The summed E-state index contributed by atoms with van der Waals surface area (Å²) in [5, 5.41) is 2.56. The van der Waals surface area contributed by atoms with Gasteiger partial charge in [0.1, 0.15) is 0 Å². The maximum absolute atomic E-state index is 12.7. The second-order valence-electron chi connectivity index (χ2n) is 6.72. The van der Waals surface area contributed by atoms with Crippen LogP contribution in [0.3, 0.4) is 0 Å². The molecule has 0 bridgehead atoms. The molecule has 0 fully saturated rings. The van der Waals surface area contributed by atoms with Gasteiger partial charge in [-0.25, -0.2) is 0 Å². The van der Waals surface area contributed by atoms with Crippen molar-refractivity contribution in [2.75, 3.05) is 19.4 Å². The quantitative estimate of drug-likeness (QED) is 0.450. The molecule has 0 amide bonds. The van der Waals surface area contributed by atoms with E-state index in [9.17, 15) is 4.57 Å². The predicted octanol–water partition coefficient (Wildman–Crippen LogP) is 6.07. The zero-order valence-corrected chi connectivity index (χ0v) is 17.0. The van der Waals surface area contributed by atoms with Crippen LogP contribution >= 0.6 is 7.60 Å². The van der Waals surface area contributed by atoms with E-state index in [1.165, 1.54) is 32.9 Å². The summed E-state index contributed by atoms with van der Waals surface area (Å²) in [5.41, 5.74) is 4.96. The second kappa shape index (κ2) is 7.96. The standard InChI is InChI=1S/C21H28NO3P/c1-5-24-26(23,25-6-2)13-7-12-22-20-10-8-16(3)14-18(20)19-15-17(4)9-11-21(19)22/h8-11,14-15H,5-7,12-13H2,1-4H3. The van der Waals surface area contributed by atoms with E-state index in [1.807, 2.05) is 13.8 Å². The van der Waals surface area contributed by atoms with Crippen molar-refractivity contribution in [2.24, 2.45) is 0 Å². The van der Waals surface area contributed by atoms with Crippen molar-refractivity contribution in [3.05, 3.63) is 47.5 Å². The van der Waals surface area contributed by atoms with Crippen LogP contribution in [0.4, 0.5) is 0 Å². The van der Waals surface area contributed by atoms with E-state index in [0.717, 1.165) is 13.0 Å². The van der Waals surface area contributed by atoms with Crippen molar-refractivity contribution >= 4 is 29.4 Å². The van der Waals surface area contributed by atoms with Gasteiger partial charge in [0.2, 0.25) is 0 Å². The molecule has 0 radical (unpaired) electrons. The van der Waals surface area contributed by atoms with E-state index in [2.05, 4.69) is 54.8 Å². The molecular formula is C21H28NO3P. The Balaban J connectivity index is 1.93. The van der Waals surface area contributed by atoms with Crippen LogP contribution in [-0.2, 0) is 20.2 Å². The fourth-order valence-electron chi connectivity index (χ4n) is 3.55. The third kappa shape index (κ3) is 3.88. The molecule has 0 aliphatic rings. The molecule has 3 aromatic rings. The summed E-state index contributed by atoms with van der Waals surface area (Å²) in [6.07, 6.45) is 1.19. The van der Waals surface area contributed by atoms with Gasteiger partial charge in [-0.2, -0.15) is 0 Å². The lowest BCUT2D eigenvalue weighted by Gasteiger charge is -2.17. The molecule has 2 aromatic carbocycles. The van der Waals surface area contributed by atoms with E-state index in [-0.39, 0.29) is 0 Å². The van der Waals surface area contributed by atoms with Crippen LogP contribution in [0.5, 0.6) is 0 Å². The topological polar surface area (TPSA) is 40.5 Å². The molecule has 0 N–H and O–H groups in total. The van der Waals surface area contributed by atoms with E-state index in [1.54, 1.807) is 0 Å². The zero-order valence-electron chi connectivity index (χ0n) is 16.1. The zero-order chi connectivity index (χ0) is 18.7. The van der Waals surface area contributed by atoms with Gasteiger partial charge in [-0.3, -0.25) is 4.57 Å². The molecule has 5 heteroatoms. The van der Waals surface area contributed by atoms with Crippen LogP contribution in [-0.4, -0.2) is 23.9 Å². The van der Waals surface area contributed by atoms with Crippen molar-refractivity contribution in [3.63, 3.8) is 0 Å². The predicted molar refractivity (Wildman–Crippen MR) is 109 cm³/mol. The molecule has 0 aliphatic heterocycles. The van der Waals surface area contributed by atoms with Gasteiger partial charge < -0.3 is 13.6 Å². The Hall–Kier alpha value is -1.61. The van der Waals surface area contributed by atoms with Crippen LogP contribution < -0.4 is 0 Å².